The summed E-state index contributed by atoms with van der Waals surface area (Å²) in [5.41, 5.74) is 4.48. The van der Waals surface area contributed by atoms with E-state index in [9.17, 15) is 14.9 Å². The van der Waals surface area contributed by atoms with Crippen molar-refractivity contribution in [1.82, 2.24) is 15.1 Å². The summed E-state index contributed by atoms with van der Waals surface area (Å²) >= 11 is 0. The second-order valence-electron chi connectivity index (χ2n) is 6.44. The fourth-order valence-electron chi connectivity index (χ4n) is 3.20. The summed E-state index contributed by atoms with van der Waals surface area (Å²) in [4.78, 5) is 26.8. The molecular weight excluding hydrogens is 358 g/mol. The number of benzene rings is 2. The highest BCUT2D eigenvalue weighted by Gasteiger charge is 2.23. The molecule has 2 heterocycles. The van der Waals surface area contributed by atoms with E-state index in [-0.39, 0.29) is 11.6 Å². The molecule has 1 aliphatic heterocycles. The van der Waals surface area contributed by atoms with Crippen molar-refractivity contribution >= 4 is 17.3 Å². The van der Waals surface area contributed by atoms with Crippen LogP contribution >= 0.6 is 0 Å². The average molecular weight is 375 g/mol. The smallest absolute Gasteiger partial charge is 0.270 e. The topological polar surface area (TPSA) is 102 Å². The Kier molecular flexibility index (Phi) is 4.44. The second kappa shape index (κ2) is 7.07. The standard InChI is InChI=1S/C20H17N5O3/c1-13(26)21-11-15-9-17-12-22-20(14-5-3-2-4-6-14)18-10-16(25(27)28)7-8-19(18)24(17)23-15/h2-10H,11-12H2,1H3,(H,21,26). The van der Waals surface area contributed by atoms with Gasteiger partial charge in [0.05, 0.1) is 40.8 Å². The lowest BCUT2D eigenvalue weighted by Crippen LogP contribution is -2.19. The van der Waals surface area contributed by atoms with Crippen molar-refractivity contribution in [2.45, 2.75) is 20.0 Å². The first-order chi connectivity index (χ1) is 13.5. The van der Waals surface area contributed by atoms with Gasteiger partial charge in [-0.1, -0.05) is 30.3 Å². The zero-order valence-electron chi connectivity index (χ0n) is 15.1. The van der Waals surface area contributed by atoms with E-state index < -0.39 is 4.92 Å². The Bertz CT molecular complexity index is 1100. The predicted octanol–water partition coefficient (Wildman–Crippen LogP) is 2.77. The molecule has 140 valence electrons. The van der Waals surface area contributed by atoms with E-state index in [4.69, 9.17) is 4.99 Å². The van der Waals surface area contributed by atoms with E-state index >= 15 is 0 Å². The molecule has 0 unspecified atom stereocenters. The van der Waals surface area contributed by atoms with Gasteiger partial charge >= 0.3 is 0 Å². The Morgan fingerprint density at radius 1 is 1.21 bits per heavy atom. The summed E-state index contributed by atoms with van der Waals surface area (Å²) in [5.74, 6) is -0.136. The Morgan fingerprint density at radius 3 is 2.71 bits per heavy atom. The van der Waals surface area contributed by atoms with Crippen LogP contribution in [0.15, 0.2) is 59.6 Å². The van der Waals surface area contributed by atoms with Crippen molar-refractivity contribution in [3.63, 3.8) is 0 Å². The molecule has 1 amide bonds. The molecule has 0 bridgehead atoms. The van der Waals surface area contributed by atoms with Crippen LogP contribution < -0.4 is 5.32 Å². The molecule has 8 nitrogen and oxygen atoms in total. The molecule has 28 heavy (non-hydrogen) atoms. The zero-order chi connectivity index (χ0) is 19.7. The predicted molar refractivity (Wildman–Crippen MR) is 104 cm³/mol. The van der Waals surface area contributed by atoms with Crippen LogP contribution in [0.1, 0.15) is 29.4 Å². The van der Waals surface area contributed by atoms with E-state index in [1.165, 1.54) is 19.1 Å². The van der Waals surface area contributed by atoms with Crippen molar-refractivity contribution in [2.75, 3.05) is 0 Å². The van der Waals surface area contributed by atoms with Gasteiger partial charge in [0.2, 0.25) is 5.91 Å². The summed E-state index contributed by atoms with van der Waals surface area (Å²) in [6, 6.07) is 16.2. The van der Waals surface area contributed by atoms with Crippen molar-refractivity contribution in [2.24, 2.45) is 4.99 Å². The van der Waals surface area contributed by atoms with Crippen LogP contribution in [0.25, 0.3) is 5.69 Å². The Hall–Kier alpha value is -3.81. The van der Waals surface area contributed by atoms with Crippen LogP contribution in [-0.4, -0.2) is 26.3 Å². The Labute approximate surface area is 160 Å². The summed E-state index contributed by atoms with van der Waals surface area (Å²) in [6.07, 6.45) is 0. The van der Waals surface area contributed by atoms with Crippen molar-refractivity contribution < 1.29 is 9.72 Å². The van der Waals surface area contributed by atoms with E-state index in [2.05, 4.69) is 10.4 Å². The first-order valence-corrected chi connectivity index (χ1v) is 8.74. The van der Waals surface area contributed by atoms with Gasteiger partial charge in [-0.25, -0.2) is 4.68 Å². The van der Waals surface area contributed by atoms with Gasteiger partial charge in [0.15, 0.2) is 0 Å². The third kappa shape index (κ3) is 3.27. The number of nitro benzene ring substituents is 1. The number of amides is 1. The number of carbonyl (C=O) groups is 1. The van der Waals surface area contributed by atoms with E-state index in [1.54, 1.807) is 10.7 Å². The highest BCUT2D eigenvalue weighted by molar-refractivity contribution is 6.15. The first-order valence-electron chi connectivity index (χ1n) is 8.74. The highest BCUT2D eigenvalue weighted by Crippen LogP contribution is 2.28. The van der Waals surface area contributed by atoms with Gasteiger partial charge < -0.3 is 5.32 Å². The molecule has 0 atom stereocenters. The molecule has 1 aliphatic rings. The van der Waals surface area contributed by atoms with Crippen molar-refractivity contribution in [3.05, 3.63) is 87.2 Å². The molecule has 3 aromatic rings. The number of nitrogens with zero attached hydrogens (tertiary/aromatic N) is 4. The number of nitrogens with one attached hydrogen (secondary N) is 1. The van der Waals surface area contributed by atoms with Gasteiger partial charge in [-0.15, -0.1) is 0 Å². The van der Waals surface area contributed by atoms with Crippen LogP contribution in [0.2, 0.25) is 0 Å². The van der Waals surface area contributed by atoms with Gasteiger partial charge in [0.25, 0.3) is 5.69 Å². The third-order valence-electron chi connectivity index (χ3n) is 4.47. The summed E-state index contributed by atoms with van der Waals surface area (Å²) in [6.45, 7) is 2.14. The van der Waals surface area contributed by atoms with Crippen LogP contribution in [-0.2, 0) is 17.9 Å². The molecule has 8 heteroatoms. The lowest BCUT2D eigenvalue weighted by molar-refractivity contribution is -0.384. The molecule has 0 spiro atoms. The minimum Gasteiger partial charge on any atom is -0.351 e. The Morgan fingerprint density at radius 2 is 2.00 bits per heavy atom. The van der Waals surface area contributed by atoms with Crippen molar-refractivity contribution in [3.8, 4) is 5.69 Å². The zero-order valence-corrected chi connectivity index (χ0v) is 15.1. The molecule has 0 saturated carbocycles. The highest BCUT2D eigenvalue weighted by atomic mass is 16.6. The molecule has 4 rings (SSSR count). The minimum absolute atomic E-state index is 0.00328. The van der Waals surface area contributed by atoms with Gasteiger partial charge in [-0.05, 0) is 12.1 Å². The number of carbonyl (C=O) groups excluding carboxylic acids is 1. The number of rotatable bonds is 4. The molecule has 0 saturated heterocycles. The molecule has 2 aromatic carbocycles. The summed E-state index contributed by atoms with van der Waals surface area (Å²) in [5, 5.41) is 18.6. The van der Waals surface area contributed by atoms with E-state index in [0.29, 0.717) is 30.1 Å². The van der Waals surface area contributed by atoms with Crippen LogP contribution in [0, 0.1) is 10.1 Å². The fraction of sp³-hybridized carbons (Fsp3) is 0.150. The lowest BCUT2D eigenvalue weighted by Gasteiger charge is -2.11. The van der Waals surface area contributed by atoms with Gasteiger partial charge in [0, 0.05) is 30.2 Å². The van der Waals surface area contributed by atoms with Gasteiger partial charge in [-0.3, -0.25) is 19.9 Å². The average Bonchev–Trinajstić information content (AvgIpc) is 3.04. The number of aromatic nitrogens is 2. The number of hydrogen-bond acceptors (Lipinski definition) is 5. The largest absolute Gasteiger partial charge is 0.351 e. The first kappa shape index (κ1) is 17.6. The van der Waals surface area contributed by atoms with Gasteiger partial charge in [-0.2, -0.15) is 5.10 Å². The third-order valence-corrected chi connectivity index (χ3v) is 4.47. The van der Waals surface area contributed by atoms with E-state index in [0.717, 1.165) is 16.9 Å². The Balaban J connectivity index is 1.86. The number of aliphatic imine (C=N–C) groups is 1. The maximum Gasteiger partial charge on any atom is 0.270 e. The molecule has 1 N–H and O–H groups in total. The summed E-state index contributed by atoms with van der Waals surface area (Å²) < 4.78 is 1.75. The van der Waals surface area contributed by atoms with Crippen molar-refractivity contribution in [1.29, 1.82) is 0 Å². The second-order valence-corrected chi connectivity index (χ2v) is 6.44. The number of fused-ring (bicyclic) bond motifs is 3. The normalized spacial score (nSPS) is 12.4. The van der Waals surface area contributed by atoms with Crippen LogP contribution in [0.5, 0.6) is 0 Å². The SMILES string of the molecule is CC(=O)NCc1cc2n(n1)-c1ccc([N+](=O)[O-])cc1C(c1ccccc1)=NC2. The molecule has 0 fully saturated rings. The minimum atomic E-state index is -0.417. The molecule has 0 radical (unpaired) electrons. The molecule has 0 aliphatic carbocycles. The number of non-ortho nitro benzene ring substituents is 1. The maximum absolute atomic E-state index is 11.3. The number of nitro groups is 1. The molecular formula is C20H17N5O3. The summed E-state index contributed by atoms with van der Waals surface area (Å²) in [7, 11) is 0. The molecule has 1 aromatic heterocycles. The van der Waals surface area contributed by atoms with Crippen LogP contribution in [0.3, 0.4) is 0 Å². The quantitative estimate of drug-likeness (QED) is 0.559. The monoisotopic (exact) mass is 375 g/mol. The van der Waals surface area contributed by atoms with Gasteiger partial charge in [0.1, 0.15) is 0 Å². The van der Waals surface area contributed by atoms with Crippen LogP contribution in [0.4, 0.5) is 5.69 Å². The fourth-order valence-corrected chi connectivity index (χ4v) is 3.20. The van der Waals surface area contributed by atoms with E-state index in [1.807, 2.05) is 36.4 Å². The maximum atomic E-state index is 11.3. The number of hydrogen-bond donors (Lipinski definition) is 1. The lowest BCUT2D eigenvalue weighted by atomic mass is 10.00.